The number of amides is 2. The predicted molar refractivity (Wildman–Crippen MR) is 108 cm³/mol. The molecule has 1 fully saturated rings. The Morgan fingerprint density at radius 2 is 1.50 bits per heavy atom. The Bertz CT molecular complexity index is 861. The molecule has 2 aromatic carbocycles. The second-order valence-electron chi connectivity index (χ2n) is 7.57. The van der Waals surface area contributed by atoms with Crippen LogP contribution in [0, 0.1) is 5.92 Å². The van der Waals surface area contributed by atoms with Crippen molar-refractivity contribution in [3.05, 3.63) is 60.2 Å². The lowest BCUT2D eigenvalue weighted by Gasteiger charge is -2.32. The van der Waals surface area contributed by atoms with Crippen LogP contribution >= 0.6 is 0 Å². The van der Waals surface area contributed by atoms with Gasteiger partial charge in [0.2, 0.25) is 5.91 Å². The van der Waals surface area contributed by atoms with Crippen LogP contribution in [0.4, 0.5) is 24.5 Å². The van der Waals surface area contributed by atoms with E-state index in [2.05, 4.69) is 10.6 Å². The number of piperidine rings is 1. The minimum absolute atomic E-state index is 0.0119. The number of anilines is 2. The van der Waals surface area contributed by atoms with E-state index in [0.717, 1.165) is 22.7 Å². The first-order chi connectivity index (χ1) is 14.2. The van der Waals surface area contributed by atoms with Gasteiger partial charge in [-0.1, -0.05) is 18.2 Å². The molecule has 30 heavy (non-hydrogen) atoms. The molecule has 0 aromatic heterocycles. The Kier molecular flexibility index (Phi) is 6.77. The summed E-state index contributed by atoms with van der Waals surface area (Å²) in [5.74, 6) is -0.363. The molecule has 1 heterocycles. The monoisotopic (exact) mass is 420 g/mol. The number of likely N-dealkylation sites (tertiary alicyclic amines) is 1. The fourth-order valence-electron chi connectivity index (χ4n) is 3.63. The first kappa shape index (κ1) is 21.8. The molecule has 3 rings (SSSR count). The molecule has 0 spiro atoms. The minimum Gasteiger partial charge on any atom is -0.326 e. The van der Waals surface area contributed by atoms with Gasteiger partial charge in [-0.15, -0.1) is 0 Å². The maximum atomic E-state index is 12.6. The molecule has 0 bridgehead atoms. The Balaban J connectivity index is 1.49. The number of carbonyl (C=O) groups excluding carboxylic acids is 2. The number of benzene rings is 2. The van der Waals surface area contributed by atoms with E-state index in [9.17, 15) is 22.8 Å². The van der Waals surface area contributed by atoms with Gasteiger partial charge < -0.3 is 15.5 Å². The van der Waals surface area contributed by atoms with Crippen molar-refractivity contribution >= 4 is 23.2 Å². The smallest absolute Gasteiger partial charge is 0.326 e. The van der Waals surface area contributed by atoms with Gasteiger partial charge >= 0.3 is 6.18 Å². The lowest BCUT2D eigenvalue weighted by molar-refractivity contribution is -0.919. The molecule has 3 N–H and O–H groups in total. The van der Waals surface area contributed by atoms with Gasteiger partial charge in [-0.3, -0.25) is 9.59 Å². The molecule has 1 atom stereocenters. The Labute approximate surface area is 173 Å². The Morgan fingerprint density at radius 1 is 0.933 bits per heavy atom. The predicted octanol–water partition coefficient (Wildman–Crippen LogP) is 2.97. The van der Waals surface area contributed by atoms with E-state index in [1.165, 1.54) is 12.1 Å². The van der Waals surface area contributed by atoms with E-state index < -0.39 is 11.7 Å². The highest BCUT2D eigenvalue weighted by molar-refractivity contribution is 5.94. The highest BCUT2D eigenvalue weighted by atomic mass is 19.4. The summed E-state index contributed by atoms with van der Waals surface area (Å²) in [5, 5.41) is 5.60. The van der Waals surface area contributed by atoms with Crippen molar-refractivity contribution in [1.29, 1.82) is 0 Å². The number of hydrogen-bond donors (Lipinski definition) is 3. The summed E-state index contributed by atoms with van der Waals surface area (Å²) in [6.07, 6.45) is -3.06. The molecular formula is C22H25F3N3O2+. The molecule has 2 amide bonds. The average molecular weight is 420 g/mol. The van der Waals surface area contributed by atoms with Crippen molar-refractivity contribution in [2.75, 3.05) is 23.7 Å². The molecule has 8 heteroatoms. The number of para-hydroxylation sites is 1. The van der Waals surface area contributed by atoms with E-state index in [1.807, 2.05) is 30.3 Å². The maximum Gasteiger partial charge on any atom is 0.416 e. The number of hydrogen-bond acceptors (Lipinski definition) is 2. The normalized spacial score (nSPS) is 20.3. The number of nitrogens with one attached hydrogen (secondary N) is 3. The van der Waals surface area contributed by atoms with E-state index in [1.54, 1.807) is 6.92 Å². The van der Waals surface area contributed by atoms with Crippen molar-refractivity contribution in [2.24, 2.45) is 5.92 Å². The lowest BCUT2D eigenvalue weighted by atomic mass is 9.94. The number of halogens is 3. The van der Waals surface area contributed by atoms with E-state index in [0.29, 0.717) is 31.6 Å². The molecule has 1 aliphatic rings. The lowest BCUT2D eigenvalue weighted by Crippen LogP contribution is -3.17. The Hall–Kier alpha value is -2.87. The summed E-state index contributed by atoms with van der Waals surface area (Å²) >= 11 is 0. The van der Waals surface area contributed by atoms with Gasteiger partial charge in [0.15, 0.2) is 6.04 Å². The second-order valence-corrected chi connectivity index (χ2v) is 7.57. The highest BCUT2D eigenvalue weighted by Crippen LogP contribution is 2.29. The van der Waals surface area contributed by atoms with E-state index in [4.69, 9.17) is 0 Å². The number of alkyl halides is 3. The summed E-state index contributed by atoms with van der Waals surface area (Å²) in [7, 11) is 0. The van der Waals surface area contributed by atoms with Crippen molar-refractivity contribution in [3.8, 4) is 0 Å². The SMILES string of the molecule is C[C@H](C(=O)Nc1ccc(C(F)(F)F)cc1)[NH+]1CCC(C(=O)Nc2ccccc2)CC1. The molecule has 1 saturated heterocycles. The van der Waals surface area contributed by atoms with E-state index >= 15 is 0 Å². The maximum absolute atomic E-state index is 12.6. The minimum atomic E-state index is -4.41. The summed E-state index contributed by atoms with van der Waals surface area (Å²) in [6, 6.07) is 13.3. The van der Waals surface area contributed by atoms with Gasteiger partial charge in [-0.25, -0.2) is 0 Å². The second kappa shape index (κ2) is 9.30. The zero-order valence-electron chi connectivity index (χ0n) is 16.6. The van der Waals surface area contributed by atoms with Gasteiger partial charge in [0, 0.05) is 30.1 Å². The van der Waals surface area contributed by atoms with Gasteiger partial charge in [0.05, 0.1) is 18.7 Å². The zero-order chi connectivity index (χ0) is 21.7. The number of quaternary nitrogens is 1. The first-order valence-electron chi connectivity index (χ1n) is 9.92. The molecule has 0 unspecified atom stereocenters. The Morgan fingerprint density at radius 3 is 2.07 bits per heavy atom. The average Bonchev–Trinajstić information content (AvgIpc) is 2.73. The molecular weight excluding hydrogens is 395 g/mol. The number of rotatable bonds is 5. The van der Waals surface area contributed by atoms with Crippen LogP contribution in [0.3, 0.4) is 0 Å². The summed E-state index contributed by atoms with van der Waals surface area (Å²) in [6.45, 7) is 3.14. The van der Waals surface area contributed by atoms with Crippen LogP contribution in [0.5, 0.6) is 0 Å². The standard InChI is InChI=1S/C22H24F3N3O2/c1-15(20(29)26-19-9-7-17(8-10-19)22(23,24)25)28-13-11-16(12-14-28)21(30)27-18-5-3-2-4-6-18/h2-10,15-16H,11-14H2,1H3,(H,26,29)(H,27,30)/p+1/t15-/m1/s1. The van der Waals surface area contributed by atoms with Crippen LogP contribution in [0.15, 0.2) is 54.6 Å². The van der Waals surface area contributed by atoms with Crippen molar-refractivity contribution in [1.82, 2.24) is 0 Å². The summed E-state index contributed by atoms with van der Waals surface area (Å²) < 4.78 is 37.9. The fourth-order valence-corrected chi connectivity index (χ4v) is 3.63. The topological polar surface area (TPSA) is 62.6 Å². The van der Waals surface area contributed by atoms with Crippen molar-refractivity contribution in [2.45, 2.75) is 32.0 Å². The molecule has 0 aliphatic carbocycles. The van der Waals surface area contributed by atoms with Crippen molar-refractivity contribution < 1.29 is 27.7 Å². The van der Waals surface area contributed by atoms with Crippen molar-refractivity contribution in [3.63, 3.8) is 0 Å². The zero-order valence-corrected chi connectivity index (χ0v) is 16.6. The van der Waals surface area contributed by atoms with Crippen LogP contribution in [-0.2, 0) is 15.8 Å². The van der Waals surface area contributed by atoms with Gasteiger partial charge in [0.25, 0.3) is 5.91 Å². The van der Waals surface area contributed by atoms with Gasteiger partial charge in [-0.2, -0.15) is 13.2 Å². The molecule has 160 valence electrons. The third kappa shape index (κ3) is 5.60. The largest absolute Gasteiger partial charge is 0.416 e. The quantitative estimate of drug-likeness (QED) is 0.697. The van der Waals surface area contributed by atoms with Crippen LogP contribution in [0.2, 0.25) is 0 Å². The van der Waals surface area contributed by atoms with Crippen LogP contribution < -0.4 is 15.5 Å². The number of carbonyl (C=O) groups is 2. The third-order valence-corrected chi connectivity index (χ3v) is 5.53. The van der Waals surface area contributed by atoms with E-state index in [-0.39, 0.29) is 23.8 Å². The fraction of sp³-hybridized carbons (Fsp3) is 0.364. The third-order valence-electron chi connectivity index (χ3n) is 5.53. The van der Waals surface area contributed by atoms with Gasteiger partial charge in [0.1, 0.15) is 0 Å². The molecule has 5 nitrogen and oxygen atoms in total. The summed E-state index contributed by atoms with van der Waals surface area (Å²) in [5.41, 5.74) is 0.341. The molecule has 0 saturated carbocycles. The van der Waals surface area contributed by atoms with Crippen LogP contribution in [0.1, 0.15) is 25.3 Å². The molecule has 0 radical (unpaired) electrons. The van der Waals surface area contributed by atoms with Crippen LogP contribution in [0.25, 0.3) is 0 Å². The first-order valence-corrected chi connectivity index (χ1v) is 9.92. The highest BCUT2D eigenvalue weighted by Gasteiger charge is 2.33. The van der Waals surface area contributed by atoms with Gasteiger partial charge in [-0.05, 0) is 43.3 Å². The molecule has 1 aliphatic heterocycles. The van der Waals surface area contributed by atoms with Crippen LogP contribution in [-0.4, -0.2) is 30.9 Å². The summed E-state index contributed by atoms with van der Waals surface area (Å²) in [4.78, 5) is 26.0. The molecule has 2 aromatic rings.